The smallest absolute Gasteiger partial charge is 0.475 e. The number of carboxylic acid groups (broad SMARTS) is 1. The van der Waals surface area contributed by atoms with Gasteiger partial charge in [-0.1, -0.05) is 12.1 Å². The summed E-state index contributed by atoms with van der Waals surface area (Å²) in [5, 5.41) is 20.1. The first kappa shape index (κ1) is 28.2. The molecule has 0 amide bonds. The van der Waals surface area contributed by atoms with Gasteiger partial charge in [-0.05, 0) is 35.9 Å². The number of alkyl halides is 6. The standard InChI is InChI=1S/C19H14F5N3O2.C2HF3O2/c20-13-4-1-11(2-5-13)16(28)9-25-18-8-15(26-10-27-18)12-3-6-17(14(21)7-12)29-19(22,23)24;3-2(4,5)1(6)7/h1-8,10,16,28H,9H2,(H,25,26,27);(H,6,7)/t16-;/m0./s1. The predicted octanol–water partition coefficient (Wildman–Crippen LogP) is 5.10. The Morgan fingerprint density at radius 3 is 2.11 bits per heavy atom. The first-order valence-electron chi connectivity index (χ1n) is 9.51. The first-order valence-corrected chi connectivity index (χ1v) is 9.51. The van der Waals surface area contributed by atoms with Crippen molar-refractivity contribution >= 4 is 11.8 Å². The van der Waals surface area contributed by atoms with E-state index >= 15 is 0 Å². The van der Waals surface area contributed by atoms with Crippen LogP contribution in [0.15, 0.2) is 54.9 Å². The fourth-order valence-electron chi connectivity index (χ4n) is 2.48. The van der Waals surface area contributed by atoms with Crippen LogP contribution in [-0.4, -0.2) is 45.2 Å². The molecule has 0 aliphatic heterocycles. The van der Waals surface area contributed by atoms with E-state index in [9.17, 15) is 40.2 Å². The second-order valence-electron chi connectivity index (χ2n) is 6.73. The fourth-order valence-corrected chi connectivity index (χ4v) is 2.48. The highest BCUT2D eigenvalue weighted by molar-refractivity contribution is 5.73. The van der Waals surface area contributed by atoms with Crippen LogP contribution in [0.3, 0.4) is 0 Å². The molecule has 1 heterocycles. The zero-order chi connectivity index (χ0) is 27.1. The van der Waals surface area contributed by atoms with Gasteiger partial charge in [-0.2, -0.15) is 13.2 Å². The lowest BCUT2D eigenvalue weighted by Gasteiger charge is -2.13. The molecule has 0 aliphatic rings. The number of aliphatic hydroxyl groups is 1. The molecule has 0 unspecified atom stereocenters. The van der Waals surface area contributed by atoms with Gasteiger partial charge in [-0.25, -0.2) is 23.5 Å². The van der Waals surface area contributed by atoms with Crippen molar-refractivity contribution in [3.05, 3.63) is 72.1 Å². The Bertz CT molecular complexity index is 1170. The van der Waals surface area contributed by atoms with E-state index in [4.69, 9.17) is 9.90 Å². The second kappa shape index (κ2) is 11.6. The van der Waals surface area contributed by atoms with Crippen molar-refractivity contribution in [3.8, 4) is 17.0 Å². The van der Waals surface area contributed by atoms with E-state index in [1.165, 1.54) is 42.7 Å². The predicted molar refractivity (Wildman–Crippen MR) is 108 cm³/mol. The van der Waals surface area contributed by atoms with Crippen molar-refractivity contribution in [2.45, 2.75) is 18.6 Å². The molecule has 194 valence electrons. The molecular weight excluding hydrogens is 510 g/mol. The van der Waals surface area contributed by atoms with Gasteiger partial charge in [0.1, 0.15) is 18.0 Å². The molecule has 36 heavy (non-hydrogen) atoms. The van der Waals surface area contributed by atoms with Crippen molar-refractivity contribution in [3.63, 3.8) is 0 Å². The van der Waals surface area contributed by atoms with E-state index in [2.05, 4.69) is 20.0 Å². The lowest BCUT2D eigenvalue weighted by Crippen LogP contribution is -2.21. The minimum atomic E-state index is -5.08. The van der Waals surface area contributed by atoms with Gasteiger partial charge in [0, 0.05) is 18.2 Å². The Morgan fingerprint density at radius 1 is 0.972 bits per heavy atom. The van der Waals surface area contributed by atoms with Gasteiger partial charge in [-0.15, -0.1) is 13.2 Å². The Labute approximate surface area is 197 Å². The number of nitrogens with one attached hydrogen (secondary N) is 1. The molecule has 0 spiro atoms. The summed E-state index contributed by atoms with van der Waals surface area (Å²) in [5.41, 5.74) is 0.952. The summed E-state index contributed by atoms with van der Waals surface area (Å²) >= 11 is 0. The molecule has 3 N–H and O–H groups in total. The average Bonchev–Trinajstić information content (AvgIpc) is 2.78. The van der Waals surface area contributed by atoms with Crippen LogP contribution in [0.1, 0.15) is 11.7 Å². The molecule has 0 radical (unpaired) electrons. The van der Waals surface area contributed by atoms with Gasteiger partial charge >= 0.3 is 18.5 Å². The minimum absolute atomic E-state index is 0.0504. The van der Waals surface area contributed by atoms with E-state index in [1.807, 2.05) is 0 Å². The number of hydrogen-bond acceptors (Lipinski definition) is 6. The quantitative estimate of drug-likeness (QED) is 0.385. The Balaban J connectivity index is 0.000000572. The third-order valence-electron chi connectivity index (χ3n) is 4.09. The van der Waals surface area contributed by atoms with Gasteiger partial charge in [0.25, 0.3) is 0 Å². The van der Waals surface area contributed by atoms with Crippen molar-refractivity contribution in [2.75, 3.05) is 11.9 Å². The van der Waals surface area contributed by atoms with E-state index in [-0.39, 0.29) is 17.8 Å². The van der Waals surface area contributed by atoms with E-state index in [0.29, 0.717) is 11.4 Å². The number of carboxylic acids is 1. The summed E-state index contributed by atoms with van der Waals surface area (Å²) < 4.78 is 98.9. The molecule has 7 nitrogen and oxygen atoms in total. The van der Waals surface area contributed by atoms with E-state index in [0.717, 1.165) is 12.1 Å². The van der Waals surface area contributed by atoms with Gasteiger partial charge in [0.15, 0.2) is 11.6 Å². The van der Waals surface area contributed by atoms with Crippen LogP contribution >= 0.6 is 0 Å². The number of aliphatic hydroxyl groups excluding tert-OH is 1. The molecule has 0 aliphatic carbocycles. The number of benzene rings is 2. The van der Waals surface area contributed by atoms with Crippen molar-refractivity contribution in [1.29, 1.82) is 0 Å². The SMILES string of the molecule is O=C(O)C(F)(F)F.O[C@@H](CNc1cc(-c2ccc(OC(F)(F)F)c(F)c2)ncn1)c1ccc(F)cc1. The number of halogens is 8. The summed E-state index contributed by atoms with van der Waals surface area (Å²) in [6.45, 7) is 0.0504. The van der Waals surface area contributed by atoms with Gasteiger partial charge in [-0.3, -0.25) is 0 Å². The summed E-state index contributed by atoms with van der Waals surface area (Å²) in [6, 6.07) is 9.72. The molecule has 0 fully saturated rings. The summed E-state index contributed by atoms with van der Waals surface area (Å²) in [5.74, 6) is -5.02. The Hall–Kier alpha value is -4.01. The highest BCUT2D eigenvalue weighted by Gasteiger charge is 2.38. The molecule has 0 bridgehead atoms. The highest BCUT2D eigenvalue weighted by atomic mass is 19.4. The molecule has 15 heteroatoms. The first-order chi connectivity index (χ1) is 16.7. The molecule has 0 saturated heterocycles. The third kappa shape index (κ3) is 8.98. The van der Waals surface area contributed by atoms with Gasteiger partial charge in [0.05, 0.1) is 11.8 Å². The highest BCUT2D eigenvalue weighted by Crippen LogP contribution is 2.29. The lowest BCUT2D eigenvalue weighted by atomic mass is 10.1. The molecule has 1 atom stereocenters. The largest absolute Gasteiger partial charge is 0.573 e. The number of carbonyl (C=O) groups is 1. The number of rotatable bonds is 6. The summed E-state index contributed by atoms with van der Waals surface area (Å²) in [6.07, 6.45) is -9.84. The van der Waals surface area contributed by atoms with Crippen LogP contribution < -0.4 is 10.1 Å². The lowest BCUT2D eigenvalue weighted by molar-refractivity contribution is -0.275. The number of ether oxygens (including phenoxy) is 1. The maximum Gasteiger partial charge on any atom is 0.573 e. The van der Waals surface area contributed by atoms with E-state index in [1.54, 1.807) is 0 Å². The molecule has 1 aromatic heterocycles. The van der Waals surface area contributed by atoms with Crippen molar-refractivity contribution in [2.24, 2.45) is 0 Å². The van der Waals surface area contributed by atoms with Gasteiger partial charge < -0.3 is 20.3 Å². The maximum atomic E-state index is 13.9. The average molecular weight is 525 g/mol. The second-order valence-corrected chi connectivity index (χ2v) is 6.73. The fraction of sp³-hybridized carbons (Fsp3) is 0.190. The maximum absolute atomic E-state index is 13.9. The van der Waals surface area contributed by atoms with E-state index < -0.39 is 42.0 Å². The van der Waals surface area contributed by atoms with Crippen LogP contribution in [0.5, 0.6) is 5.75 Å². The third-order valence-corrected chi connectivity index (χ3v) is 4.09. The molecule has 0 saturated carbocycles. The van der Waals surface area contributed by atoms with Crippen LogP contribution in [0.2, 0.25) is 0 Å². The molecule has 2 aromatic carbocycles. The summed E-state index contributed by atoms with van der Waals surface area (Å²) in [7, 11) is 0. The zero-order valence-electron chi connectivity index (χ0n) is 17.6. The summed E-state index contributed by atoms with van der Waals surface area (Å²) in [4.78, 5) is 16.8. The molecule has 3 aromatic rings. The van der Waals surface area contributed by atoms with Crippen LogP contribution in [0, 0.1) is 11.6 Å². The van der Waals surface area contributed by atoms with Crippen molar-refractivity contribution in [1.82, 2.24) is 9.97 Å². The van der Waals surface area contributed by atoms with Crippen LogP contribution in [0.4, 0.5) is 40.9 Å². The van der Waals surface area contributed by atoms with Crippen LogP contribution in [0.25, 0.3) is 11.3 Å². The van der Waals surface area contributed by atoms with Gasteiger partial charge in [0.2, 0.25) is 0 Å². The Kier molecular flexibility index (Phi) is 9.11. The van der Waals surface area contributed by atoms with Crippen LogP contribution in [-0.2, 0) is 4.79 Å². The number of aliphatic carboxylic acids is 1. The Morgan fingerprint density at radius 2 is 1.58 bits per heavy atom. The molecular formula is C21H15F8N3O4. The monoisotopic (exact) mass is 525 g/mol. The topological polar surface area (TPSA) is 105 Å². The normalized spacial score (nSPS) is 12.2. The number of hydrogen-bond donors (Lipinski definition) is 3. The number of anilines is 1. The minimum Gasteiger partial charge on any atom is -0.475 e. The number of aromatic nitrogens is 2. The van der Waals surface area contributed by atoms with Crippen molar-refractivity contribution < 1.29 is 54.9 Å². The zero-order valence-corrected chi connectivity index (χ0v) is 17.6. The number of nitrogens with zero attached hydrogens (tertiary/aromatic N) is 2. The molecule has 3 rings (SSSR count).